The molecule has 0 radical (unpaired) electrons. The molecule has 1 aromatic heterocycles. The zero-order valence-electron chi connectivity index (χ0n) is 17.2. The van der Waals surface area contributed by atoms with Crippen LogP contribution in [-0.2, 0) is 10.0 Å². The van der Waals surface area contributed by atoms with E-state index in [2.05, 4.69) is 10.2 Å². The van der Waals surface area contributed by atoms with Gasteiger partial charge in [-0.15, -0.1) is 0 Å². The minimum Gasteiger partial charge on any atom is -0.422 e. The van der Waals surface area contributed by atoms with Gasteiger partial charge < -0.3 is 14.6 Å². The summed E-state index contributed by atoms with van der Waals surface area (Å²) in [4.78, 5) is 26.6. The molecule has 4 rings (SSSR count). The number of benzene rings is 2. The van der Waals surface area contributed by atoms with Crippen LogP contribution in [0.4, 0.5) is 5.69 Å². The molecule has 32 heavy (non-hydrogen) atoms. The number of fused-ring (bicyclic) bond motifs is 1. The van der Waals surface area contributed by atoms with E-state index in [0.717, 1.165) is 5.69 Å². The lowest BCUT2D eigenvalue weighted by Crippen LogP contribution is -2.50. The summed E-state index contributed by atoms with van der Waals surface area (Å²) in [6.07, 6.45) is 0. The van der Waals surface area contributed by atoms with Crippen LogP contribution < -0.4 is 15.8 Å². The predicted molar refractivity (Wildman–Crippen MR) is 124 cm³/mol. The Morgan fingerprint density at radius 2 is 1.72 bits per heavy atom. The monoisotopic (exact) mass is 475 g/mol. The summed E-state index contributed by atoms with van der Waals surface area (Å²) in [7, 11) is -3.55. The number of anilines is 1. The second-order valence-electron chi connectivity index (χ2n) is 7.42. The van der Waals surface area contributed by atoms with Crippen molar-refractivity contribution >= 4 is 44.2 Å². The van der Waals surface area contributed by atoms with E-state index < -0.39 is 21.6 Å². The molecule has 1 saturated heterocycles. The number of piperazine rings is 1. The smallest absolute Gasteiger partial charge is 0.349 e. The minimum atomic E-state index is -3.55. The van der Waals surface area contributed by atoms with Gasteiger partial charge in [0.05, 0.1) is 5.75 Å². The van der Waals surface area contributed by atoms with E-state index >= 15 is 0 Å². The van der Waals surface area contributed by atoms with Crippen molar-refractivity contribution in [2.75, 3.05) is 43.4 Å². The van der Waals surface area contributed by atoms with Gasteiger partial charge in [-0.1, -0.05) is 29.8 Å². The SMILES string of the molecule is O=C(NCCS(=O)(=O)N1CCN(c2ccc(Cl)cc2)CC1)c1cc2ccccc2oc1=O. The van der Waals surface area contributed by atoms with Gasteiger partial charge in [0.25, 0.3) is 5.91 Å². The number of nitrogens with zero attached hydrogens (tertiary/aromatic N) is 2. The fraction of sp³-hybridized carbons (Fsp3) is 0.273. The van der Waals surface area contributed by atoms with Crippen LogP contribution in [0, 0.1) is 0 Å². The lowest BCUT2D eigenvalue weighted by atomic mass is 10.2. The highest BCUT2D eigenvalue weighted by molar-refractivity contribution is 7.89. The Bertz CT molecular complexity index is 1280. The first-order valence-electron chi connectivity index (χ1n) is 10.1. The first-order chi connectivity index (χ1) is 15.3. The number of para-hydroxylation sites is 1. The Morgan fingerprint density at radius 3 is 2.44 bits per heavy atom. The van der Waals surface area contributed by atoms with E-state index in [4.69, 9.17) is 16.0 Å². The van der Waals surface area contributed by atoms with Gasteiger partial charge in [0.15, 0.2) is 0 Å². The third kappa shape index (κ3) is 4.95. The summed E-state index contributed by atoms with van der Waals surface area (Å²) >= 11 is 5.92. The average Bonchev–Trinajstić information content (AvgIpc) is 2.79. The second kappa shape index (κ2) is 9.32. The van der Waals surface area contributed by atoms with Gasteiger partial charge >= 0.3 is 5.63 Å². The van der Waals surface area contributed by atoms with Gasteiger partial charge in [-0.25, -0.2) is 13.2 Å². The Morgan fingerprint density at radius 1 is 1.03 bits per heavy atom. The fourth-order valence-corrected chi connectivity index (χ4v) is 5.08. The van der Waals surface area contributed by atoms with E-state index in [1.165, 1.54) is 10.4 Å². The van der Waals surface area contributed by atoms with Crippen LogP contribution in [0.15, 0.2) is 63.8 Å². The van der Waals surface area contributed by atoms with Crippen LogP contribution in [0.2, 0.25) is 5.02 Å². The third-order valence-electron chi connectivity index (χ3n) is 5.36. The summed E-state index contributed by atoms with van der Waals surface area (Å²) in [5.41, 5.74) is 0.461. The quantitative estimate of drug-likeness (QED) is 0.549. The van der Waals surface area contributed by atoms with E-state index in [1.54, 1.807) is 36.4 Å². The Hall–Kier alpha value is -2.88. The standard InChI is InChI=1S/C22H22ClN3O5S/c23-17-5-7-18(8-6-17)25-10-12-26(13-11-25)32(29,30)14-9-24-21(27)19-15-16-3-1-2-4-20(16)31-22(19)28/h1-8,15H,9-14H2,(H,24,27). The largest absolute Gasteiger partial charge is 0.422 e. The number of nitrogens with one attached hydrogen (secondary N) is 1. The van der Waals surface area contributed by atoms with E-state index in [0.29, 0.717) is 42.2 Å². The van der Waals surface area contributed by atoms with Crippen LogP contribution in [0.3, 0.4) is 0 Å². The maximum Gasteiger partial charge on any atom is 0.349 e. The number of hydrogen-bond acceptors (Lipinski definition) is 6. The van der Waals surface area contributed by atoms with Gasteiger partial charge in [-0.05, 0) is 36.4 Å². The Balaban J connectivity index is 1.32. The first kappa shape index (κ1) is 22.3. The number of carbonyl (C=O) groups is 1. The molecule has 0 atom stereocenters. The first-order valence-corrected chi connectivity index (χ1v) is 12.1. The van der Waals surface area contributed by atoms with Crippen molar-refractivity contribution in [3.8, 4) is 0 Å². The molecule has 0 saturated carbocycles. The highest BCUT2D eigenvalue weighted by atomic mass is 35.5. The molecule has 1 aliphatic heterocycles. The second-order valence-corrected chi connectivity index (χ2v) is 9.94. The zero-order chi connectivity index (χ0) is 22.7. The molecule has 8 nitrogen and oxygen atoms in total. The molecular formula is C22H22ClN3O5S. The number of sulfonamides is 1. The summed E-state index contributed by atoms with van der Waals surface area (Å²) in [6.45, 7) is 1.72. The molecule has 2 aromatic carbocycles. The van der Waals surface area contributed by atoms with Gasteiger partial charge in [-0.2, -0.15) is 4.31 Å². The highest BCUT2D eigenvalue weighted by Crippen LogP contribution is 2.20. The van der Waals surface area contributed by atoms with Gasteiger partial charge in [0.1, 0.15) is 11.1 Å². The average molecular weight is 476 g/mol. The molecule has 1 aliphatic rings. The number of hydrogen-bond donors (Lipinski definition) is 1. The van der Waals surface area contributed by atoms with Gasteiger partial charge in [-0.3, -0.25) is 4.79 Å². The molecular weight excluding hydrogens is 454 g/mol. The summed E-state index contributed by atoms with van der Waals surface area (Å²) in [5.74, 6) is -0.911. The Labute approximate surface area is 190 Å². The van der Waals surface area contributed by atoms with E-state index in [9.17, 15) is 18.0 Å². The van der Waals surface area contributed by atoms with Crippen molar-refractivity contribution in [1.82, 2.24) is 9.62 Å². The molecule has 0 bridgehead atoms. The molecule has 10 heteroatoms. The summed E-state index contributed by atoms with van der Waals surface area (Å²) < 4.78 is 32.0. The number of halogens is 1. The highest BCUT2D eigenvalue weighted by Gasteiger charge is 2.27. The van der Waals surface area contributed by atoms with Gasteiger partial charge in [0.2, 0.25) is 10.0 Å². The molecule has 0 spiro atoms. The van der Waals surface area contributed by atoms with Crippen molar-refractivity contribution in [3.63, 3.8) is 0 Å². The van der Waals surface area contributed by atoms with Crippen LogP contribution in [-0.4, -0.2) is 57.1 Å². The van der Waals surface area contributed by atoms with E-state index in [-0.39, 0.29) is 17.9 Å². The maximum atomic E-state index is 12.7. The summed E-state index contributed by atoms with van der Waals surface area (Å²) in [6, 6.07) is 15.7. The molecule has 1 amide bonds. The molecule has 168 valence electrons. The van der Waals surface area contributed by atoms with Crippen molar-refractivity contribution in [1.29, 1.82) is 0 Å². The van der Waals surface area contributed by atoms with Gasteiger partial charge in [0, 0.05) is 48.8 Å². The lowest BCUT2D eigenvalue weighted by molar-refractivity contribution is 0.0952. The summed E-state index contributed by atoms with van der Waals surface area (Å²) in [5, 5.41) is 3.78. The van der Waals surface area contributed by atoms with Crippen LogP contribution in [0.25, 0.3) is 11.0 Å². The lowest BCUT2D eigenvalue weighted by Gasteiger charge is -2.35. The maximum absolute atomic E-state index is 12.7. The van der Waals surface area contributed by atoms with Crippen LogP contribution >= 0.6 is 11.6 Å². The van der Waals surface area contributed by atoms with Crippen LogP contribution in [0.5, 0.6) is 0 Å². The molecule has 1 fully saturated rings. The molecule has 1 N–H and O–H groups in total. The van der Waals surface area contributed by atoms with Crippen molar-refractivity contribution < 1.29 is 17.6 Å². The number of carbonyl (C=O) groups excluding carboxylic acids is 1. The molecule has 0 aliphatic carbocycles. The topological polar surface area (TPSA) is 99.9 Å². The van der Waals surface area contributed by atoms with Crippen molar-refractivity contribution in [2.24, 2.45) is 0 Å². The van der Waals surface area contributed by atoms with Crippen LogP contribution in [0.1, 0.15) is 10.4 Å². The normalized spacial score (nSPS) is 15.1. The molecule has 3 aromatic rings. The molecule has 0 unspecified atom stereocenters. The molecule has 2 heterocycles. The minimum absolute atomic E-state index is 0.106. The number of amides is 1. The zero-order valence-corrected chi connectivity index (χ0v) is 18.7. The fourth-order valence-electron chi connectivity index (χ4n) is 3.61. The number of rotatable bonds is 6. The third-order valence-corrected chi connectivity index (χ3v) is 7.48. The van der Waals surface area contributed by atoms with Crippen molar-refractivity contribution in [2.45, 2.75) is 0 Å². The predicted octanol–water partition coefficient (Wildman–Crippen LogP) is 2.33. The van der Waals surface area contributed by atoms with Crippen molar-refractivity contribution in [3.05, 3.63) is 75.6 Å². The Kier molecular flexibility index (Phi) is 6.50. The van der Waals surface area contributed by atoms with E-state index in [1.807, 2.05) is 12.1 Å².